The van der Waals surface area contributed by atoms with Gasteiger partial charge in [-0.25, -0.2) is 4.90 Å². The second kappa shape index (κ2) is 7.52. The predicted octanol–water partition coefficient (Wildman–Crippen LogP) is 3.51. The van der Waals surface area contributed by atoms with Crippen LogP contribution in [0.25, 0.3) is 11.3 Å². The van der Waals surface area contributed by atoms with Crippen molar-refractivity contribution >= 4 is 39.3 Å². The lowest BCUT2D eigenvalue weighted by molar-refractivity contribution is -0.763. The fraction of sp³-hybridized carbons (Fsp3) is 0.200. The van der Waals surface area contributed by atoms with Crippen molar-refractivity contribution < 1.29 is 9.48 Å². The van der Waals surface area contributed by atoms with E-state index in [-0.39, 0.29) is 11.5 Å². The SMILES string of the molecule is CCSc1n[n+]2c(c(=O)[nH]1)-c1ccccc1N(C(C)=O)[C@H]2c1ccccc1Br. The molecule has 1 amide bonds. The summed E-state index contributed by atoms with van der Waals surface area (Å²) in [6.45, 7) is 3.53. The molecule has 8 heteroatoms. The van der Waals surface area contributed by atoms with E-state index in [2.05, 4.69) is 20.9 Å². The van der Waals surface area contributed by atoms with Gasteiger partial charge in [0.05, 0.1) is 16.8 Å². The van der Waals surface area contributed by atoms with Crippen LogP contribution in [0.3, 0.4) is 0 Å². The lowest BCUT2D eigenvalue weighted by Crippen LogP contribution is -2.60. The number of carbonyl (C=O) groups excluding carboxylic acids is 1. The number of aromatic nitrogens is 3. The number of amides is 1. The molecule has 0 radical (unpaired) electrons. The first-order chi connectivity index (χ1) is 13.5. The molecule has 1 N–H and O–H groups in total. The Morgan fingerprint density at radius 3 is 2.68 bits per heavy atom. The molecule has 1 atom stereocenters. The first kappa shape index (κ1) is 18.9. The van der Waals surface area contributed by atoms with Crippen molar-refractivity contribution in [3.05, 3.63) is 68.9 Å². The van der Waals surface area contributed by atoms with Gasteiger partial charge in [0.15, 0.2) is 0 Å². The highest BCUT2D eigenvalue weighted by molar-refractivity contribution is 9.10. The van der Waals surface area contributed by atoms with Gasteiger partial charge in [-0.15, -0.1) is 0 Å². The zero-order valence-electron chi connectivity index (χ0n) is 15.3. The third-order valence-corrected chi connectivity index (χ3v) is 6.03. The number of nitrogens with zero attached hydrogens (tertiary/aromatic N) is 3. The van der Waals surface area contributed by atoms with Gasteiger partial charge in [0.25, 0.3) is 6.17 Å². The molecule has 0 fully saturated rings. The quantitative estimate of drug-likeness (QED) is 0.482. The smallest absolute Gasteiger partial charge is 0.291 e. The largest absolute Gasteiger partial charge is 0.325 e. The van der Waals surface area contributed by atoms with Crippen molar-refractivity contribution in [3.63, 3.8) is 0 Å². The molecular weight excluding hydrogens is 440 g/mol. The average molecular weight is 458 g/mol. The van der Waals surface area contributed by atoms with Gasteiger partial charge in [0.1, 0.15) is 0 Å². The minimum Gasteiger partial charge on any atom is -0.291 e. The fourth-order valence-corrected chi connectivity index (χ4v) is 4.55. The molecular formula is C20H18BrN4O2S+. The molecule has 1 aromatic heterocycles. The number of benzene rings is 2. The van der Waals surface area contributed by atoms with E-state index < -0.39 is 6.17 Å². The number of carbonyl (C=O) groups is 1. The molecule has 1 aliphatic rings. The normalized spacial score (nSPS) is 15.1. The van der Waals surface area contributed by atoms with E-state index in [1.54, 1.807) is 9.58 Å². The van der Waals surface area contributed by atoms with Crippen LogP contribution in [0.2, 0.25) is 0 Å². The second-order valence-corrected chi connectivity index (χ2v) is 8.39. The van der Waals surface area contributed by atoms with Gasteiger partial charge in [0.2, 0.25) is 11.1 Å². The number of rotatable bonds is 3. The molecule has 0 unspecified atom stereocenters. The van der Waals surface area contributed by atoms with E-state index in [0.29, 0.717) is 22.1 Å². The number of halogens is 1. The number of thioether (sulfide) groups is 1. The Morgan fingerprint density at radius 2 is 1.96 bits per heavy atom. The van der Waals surface area contributed by atoms with E-state index in [4.69, 9.17) is 5.10 Å². The number of hydrogen-bond acceptors (Lipinski definition) is 4. The van der Waals surface area contributed by atoms with Gasteiger partial charge in [-0.05, 0) is 34.7 Å². The minimum atomic E-state index is -0.573. The maximum absolute atomic E-state index is 13.0. The Labute approximate surface area is 174 Å². The number of nitrogens with one attached hydrogen (secondary N) is 1. The van der Waals surface area contributed by atoms with Gasteiger partial charge in [-0.2, -0.15) is 0 Å². The van der Waals surface area contributed by atoms with Gasteiger partial charge in [-0.1, -0.05) is 58.9 Å². The van der Waals surface area contributed by atoms with Crippen LogP contribution in [0, 0.1) is 0 Å². The number of aromatic amines is 1. The van der Waals surface area contributed by atoms with E-state index in [9.17, 15) is 9.59 Å². The topological polar surface area (TPSA) is 69.9 Å². The first-order valence-corrected chi connectivity index (χ1v) is 10.6. The lowest BCUT2D eigenvalue weighted by atomic mass is 10.0. The summed E-state index contributed by atoms with van der Waals surface area (Å²) in [4.78, 5) is 30.3. The Balaban J connectivity index is 2.09. The highest BCUT2D eigenvalue weighted by atomic mass is 79.9. The van der Waals surface area contributed by atoms with Crippen molar-refractivity contribution in [3.8, 4) is 11.3 Å². The monoisotopic (exact) mass is 457 g/mol. The molecule has 2 heterocycles. The van der Waals surface area contributed by atoms with Gasteiger partial charge < -0.3 is 0 Å². The van der Waals surface area contributed by atoms with Crippen LogP contribution in [0.4, 0.5) is 5.69 Å². The number of anilines is 1. The Hall–Kier alpha value is -2.45. The average Bonchev–Trinajstić information content (AvgIpc) is 2.67. The number of para-hydroxylation sites is 1. The fourth-order valence-electron chi connectivity index (χ4n) is 3.48. The van der Waals surface area contributed by atoms with Crippen LogP contribution >= 0.6 is 27.7 Å². The van der Waals surface area contributed by atoms with Crippen molar-refractivity contribution in [2.75, 3.05) is 10.7 Å². The van der Waals surface area contributed by atoms with E-state index in [1.807, 2.05) is 55.5 Å². The molecule has 28 heavy (non-hydrogen) atoms. The highest BCUT2D eigenvalue weighted by Crippen LogP contribution is 2.38. The molecule has 0 bridgehead atoms. The Kier molecular flexibility index (Phi) is 5.07. The number of hydrogen-bond donors (Lipinski definition) is 1. The van der Waals surface area contributed by atoms with Crippen molar-refractivity contribution in [2.45, 2.75) is 25.2 Å². The second-order valence-electron chi connectivity index (χ2n) is 6.29. The molecule has 2 aromatic carbocycles. The zero-order valence-corrected chi connectivity index (χ0v) is 17.8. The number of H-pyrrole nitrogens is 1. The third kappa shape index (κ3) is 3.06. The Morgan fingerprint density at radius 1 is 1.25 bits per heavy atom. The van der Waals surface area contributed by atoms with Gasteiger partial charge in [0, 0.05) is 16.5 Å². The van der Waals surface area contributed by atoms with Crippen LogP contribution in [-0.4, -0.2) is 21.7 Å². The predicted molar refractivity (Wildman–Crippen MR) is 112 cm³/mol. The number of fused-ring (bicyclic) bond motifs is 3. The van der Waals surface area contributed by atoms with Crippen molar-refractivity contribution in [2.24, 2.45) is 0 Å². The molecule has 0 spiro atoms. The summed E-state index contributed by atoms with van der Waals surface area (Å²) in [5, 5.41) is 5.23. The molecule has 3 aromatic rings. The summed E-state index contributed by atoms with van der Waals surface area (Å²) in [6.07, 6.45) is -0.573. The summed E-state index contributed by atoms with van der Waals surface area (Å²) in [7, 11) is 0. The molecule has 142 valence electrons. The third-order valence-electron chi connectivity index (χ3n) is 4.56. The van der Waals surface area contributed by atoms with Crippen LogP contribution < -0.4 is 15.1 Å². The molecule has 1 aliphatic heterocycles. The molecule has 6 nitrogen and oxygen atoms in total. The minimum absolute atomic E-state index is 0.127. The summed E-state index contributed by atoms with van der Waals surface area (Å²) in [5.41, 5.74) is 2.44. The van der Waals surface area contributed by atoms with Gasteiger partial charge >= 0.3 is 11.3 Å². The maximum Gasteiger partial charge on any atom is 0.325 e. The van der Waals surface area contributed by atoms with Crippen LogP contribution in [0.5, 0.6) is 0 Å². The van der Waals surface area contributed by atoms with Crippen molar-refractivity contribution in [1.29, 1.82) is 0 Å². The molecule has 0 saturated carbocycles. The summed E-state index contributed by atoms with van der Waals surface area (Å²) in [6, 6.07) is 15.1. The van der Waals surface area contributed by atoms with Crippen LogP contribution in [0.1, 0.15) is 25.6 Å². The zero-order chi connectivity index (χ0) is 19.8. The highest BCUT2D eigenvalue weighted by Gasteiger charge is 2.45. The standard InChI is InChI=1S/C20H17BrN4O2S/c1-3-28-20-22-18(27)17-14-9-5-7-11-16(14)24(12(2)26)19(25(17)23-20)13-8-4-6-10-15(13)21/h4-11,19H,3H2,1-2H3/p+1/t19-/m1/s1. The summed E-state index contributed by atoms with van der Waals surface area (Å²) >= 11 is 5.05. The Bertz CT molecular complexity index is 1130. The first-order valence-electron chi connectivity index (χ1n) is 8.85. The van der Waals surface area contributed by atoms with E-state index in [0.717, 1.165) is 15.8 Å². The van der Waals surface area contributed by atoms with Gasteiger partial charge in [-0.3, -0.25) is 14.6 Å². The summed E-state index contributed by atoms with van der Waals surface area (Å²) in [5.74, 6) is 0.646. The van der Waals surface area contributed by atoms with Crippen molar-refractivity contribution in [1.82, 2.24) is 10.1 Å². The molecule has 4 rings (SSSR count). The molecule has 0 saturated heterocycles. The maximum atomic E-state index is 13.0. The summed E-state index contributed by atoms with van der Waals surface area (Å²) < 4.78 is 2.51. The van der Waals surface area contributed by atoms with Crippen LogP contribution in [-0.2, 0) is 4.79 Å². The van der Waals surface area contributed by atoms with E-state index >= 15 is 0 Å². The molecule has 0 aliphatic carbocycles. The van der Waals surface area contributed by atoms with Crippen LogP contribution in [0.15, 0.2) is 63.0 Å². The van der Waals surface area contributed by atoms with E-state index in [1.165, 1.54) is 18.7 Å². The lowest BCUT2D eigenvalue weighted by Gasteiger charge is -2.31.